The first kappa shape index (κ1) is 14.8. The van der Waals surface area contributed by atoms with Gasteiger partial charge in [0.1, 0.15) is 0 Å². The zero-order chi connectivity index (χ0) is 13.8. The van der Waals surface area contributed by atoms with Crippen molar-refractivity contribution in [2.75, 3.05) is 19.6 Å². The Hall–Kier alpha value is -0.610. The van der Waals surface area contributed by atoms with Gasteiger partial charge in [-0.3, -0.25) is 9.69 Å². The number of carbonyl (C=O) groups excluding carboxylic acids is 1. The summed E-state index contributed by atoms with van der Waals surface area (Å²) in [7, 11) is 0. The van der Waals surface area contributed by atoms with Gasteiger partial charge in [0.15, 0.2) is 0 Å². The topological polar surface area (TPSA) is 44.4 Å². The van der Waals surface area contributed by atoms with Crippen LogP contribution in [-0.2, 0) is 4.79 Å². The molecule has 2 N–H and O–H groups in total. The van der Waals surface area contributed by atoms with Crippen molar-refractivity contribution < 1.29 is 4.79 Å². The van der Waals surface area contributed by atoms with Gasteiger partial charge in [0.25, 0.3) is 0 Å². The maximum Gasteiger partial charge on any atom is 0.237 e. The third-order valence-corrected chi connectivity index (χ3v) is 4.61. The van der Waals surface area contributed by atoms with E-state index in [-0.39, 0.29) is 11.9 Å². The first-order valence-electron chi connectivity index (χ1n) is 7.93. The minimum absolute atomic E-state index is 0.0252. The van der Waals surface area contributed by atoms with E-state index in [4.69, 9.17) is 0 Å². The SMILES string of the molecule is CCNC1CCN(C(C)C(=O)NC2CC2)CC1CC. The highest BCUT2D eigenvalue weighted by Gasteiger charge is 2.33. The van der Waals surface area contributed by atoms with Gasteiger partial charge in [-0.2, -0.15) is 0 Å². The molecule has 110 valence electrons. The van der Waals surface area contributed by atoms with Crippen LogP contribution in [0.15, 0.2) is 0 Å². The van der Waals surface area contributed by atoms with Gasteiger partial charge in [-0.1, -0.05) is 20.3 Å². The monoisotopic (exact) mass is 267 g/mol. The molecule has 1 amide bonds. The Kier molecular flexibility index (Phi) is 5.22. The number of rotatable bonds is 6. The fourth-order valence-corrected chi connectivity index (χ4v) is 3.07. The molecule has 1 aliphatic carbocycles. The molecular weight excluding hydrogens is 238 g/mol. The maximum atomic E-state index is 12.1. The Morgan fingerprint density at radius 1 is 1.32 bits per heavy atom. The molecule has 19 heavy (non-hydrogen) atoms. The van der Waals surface area contributed by atoms with E-state index in [1.165, 1.54) is 19.3 Å². The summed E-state index contributed by atoms with van der Waals surface area (Å²) in [6.07, 6.45) is 4.68. The third kappa shape index (κ3) is 3.93. The van der Waals surface area contributed by atoms with Gasteiger partial charge in [-0.25, -0.2) is 0 Å². The fraction of sp³-hybridized carbons (Fsp3) is 0.933. The van der Waals surface area contributed by atoms with E-state index in [1.807, 2.05) is 0 Å². The van der Waals surface area contributed by atoms with E-state index in [9.17, 15) is 4.79 Å². The molecule has 3 atom stereocenters. The first-order valence-corrected chi connectivity index (χ1v) is 7.93. The van der Waals surface area contributed by atoms with Gasteiger partial charge in [0.05, 0.1) is 6.04 Å². The van der Waals surface area contributed by atoms with E-state index in [0.29, 0.717) is 18.0 Å². The molecule has 0 aromatic rings. The quantitative estimate of drug-likeness (QED) is 0.764. The van der Waals surface area contributed by atoms with Crippen LogP contribution >= 0.6 is 0 Å². The van der Waals surface area contributed by atoms with Gasteiger partial charge < -0.3 is 10.6 Å². The Bertz CT molecular complexity index is 304. The van der Waals surface area contributed by atoms with Crippen LogP contribution in [-0.4, -0.2) is 48.6 Å². The van der Waals surface area contributed by atoms with Crippen LogP contribution < -0.4 is 10.6 Å². The van der Waals surface area contributed by atoms with Crippen LogP contribution in [0.25, 0.3) is 0 Å². The number of hydrogen-bond donors (Lipinski definition) is 2. The number of carbonyl (C=O) groups is 1. The average molecular weight is 267 g/mol. The summed E-state index contributed by atoms with van der Waals surface area (Å²) in [6.45, 7) is 9.61. The van der Waals surface area contributed by atoms with Gasteiger partial charge in [-0.15, -0.1) is 0 Å². The zero-order valence-electron chi connectivity index (χ0n) is 12.6. The molecule has 1 aliphatic heterocycles. The molecule has 0 bridgehead atoms. The number of nitrogens with zero attached hydrogens (tertiary/aromatic N) is 1. The van der Waals surface area contributed by atoms with E-state index in [1.54, 1.807) is 0 Å². The molecule has 2 fully saturated rings. The summed E-state index contributed by atoms with van der Waals surface area (Å²) in [4.78, 5) is 14.5. The van der Waals surface area contributed by atoms with Gasteiger partial charge in [0, 0.05) is 25.2 Å². The summed E-state index contributed by atoms with van der Waals surface area (Å²) in [5.74, 6) is 0.893. The highest BCUT2D eigenvalue weighted by atomic mass is 16.2. The highest BCUT2D eigenvalue weighted by Crippen LogP contribution is 2.23. The molecule has 0 radical (unpaired) electrons. The highest BCUT2D eigenvalue weighted by molar-refractivity contribution is 5.81. The molecule has 2 aliphatic rings. The van der Waals surface area contributed by atoms with E-state index < -0.39 is 0 Å². The van der Waals surface area contributed by atoms with Crippen molar-refractivity contribution in [1.82, 2.24) is 15.5 Å². The molecule has 3 unspecified atom stereocenters. The summed E-state index contributed by atoms with van der Waals surface area (Å²) in [6, 6.07) is 1.12. The van der Waals surface area contributed by atoms with Crippen molar-refractivity contribution in [2.24, 2.45) is 5.92 Å². The van der Waals surface area contributed by atoms with Crippen LogP contribution in [0.3, 0.4) is 0 Å². The summed E-state index contributed by atoms with van der Waals surface area (Å²) in [5, 5.41) is 6.71. The predicted octanol–water partition coefficient (Wildman–Crippen LogP) is 1.36. The Balaban J connectivity index is 1.85. The molecular formula is C15H29N3O. The maximum absolute atomic E-state index is 12.1. The number of amides is 1. The fourth-order valence-electron chi connectivity index (χ4n) is 3.07. The molecule has 1 saturated carbocycles. The lowest BCUT2D eigenvalue weighted by atomic mass is 9.89. The third-order valence-electron chi connectivity index (χ3n) is 4.61. The van der Waals surface area contributed by atoms with Crippen LogP contribution in [0, 0.1) is 5.92 Å². The van der Waals surface area contributed by atoms with Crippen molar-refractivity contribution in [3.8, 4) is 0 Å². The predicted molar refractivity (Wildman–Crippen MR) is 78.1 cm³/mol. The van der Waals surface area contributed by atoms with Gasteiger partial charge in [0.2, 0.25) is 5.91 Å². The van der Waals surface area contributed by atoms with Crippen LogP contribution in [0.2, 0.25) is 0 Å². The molecule has 4 nitrogen and oxygen atoms in total. The normalized spacial score (nSPS) is 30.1. The number of piperidine rings is 1. The summed E-state index contributed by atoms with van der Waals surface area (Å²) < 4.78 is 0. The Morgan fingerprint density at radius 2 is 2.05 bits per heavy atom. The number of hydrogen-bond acceptors (Lipinski definition) is 3. The standard InChI is InChI=1S/C15H29N3O/c1-4-12-10-18(9-8-14(12)16-5-2)11(3)15(19)17-13-6-7-13/h11-14,16H,4-10H2,1-3H3,(H,17,19). The molecule has 1 saturated heterocycles. The number of nitrogens with one attached hydrogen (secondary N) is 2. The summed E-state index contributed by atoms with van der Waals surface area (Å²) in [5.41, 5.74) is 0. The second-order valence-corrected chi connectivity index (χ2v) is 6.07. The Morgan fingerprint density at radius 3 is 2.63 bits per heavy atom. The molecule has 0 spiro atoms. The average Bonchev–Trinajstić information content (AvgIpc) is 3.22. The van der Waals surface area contributed by atoms with Crippen molar-refractivity contribution >= 4 is 5.91 Å². The summed E-state index contributed by atoms with van der Waals surface area (Å²) >= 11 is 0. The number of likely N-dealkylation sites (tertiary alicyclic amines) is 1. The van der Waals surface area contributed by atoms with Crippen LogP contribution in [0.5, 0.6) is 0 Å². The van der Waals surface area contributed by atoms with E-state index in [0.717, 1.165) is 26.1 Å². The largest absolute Gasteiger partial charge is 0.352 e. The minimum Gasteiger partial charge on any atom is -0.352 e. The lowest BCUT2D eigenvalue weighted by Crippen LogP contribution is -2.55. The van der Waals surface area contributed by atoms with Gasteiger partial charge >= 0.3 is 0 Å². The molecule has 0 aromatic heterocycles. The molecule has 4 heteroatoms. The van der Waals surface area contributed by atoms with E-state index >= 15 is 0 Å². The van der Waals surface area contributed by atoms with Crippen molar-refractivity contribution in [1.29, 1.82) is 0 Å². The first-order chi connectivity index (χ1) is 9.15. The molecule has 1 heterocycles. The lowest BCUT2D eigenvalue weighted by molar-refractivity contribution is -0.126. The smallest absolute Gasteiger partial charge is 0.237 e. The van der Waals surface area contributed by atoms with Crippen LogP contribution in [0.4, 0.5) is 0 Å². The van der Waals surface area contributed by atoms with E-state index in [2.05, 4.69) is 36.3 Å². The minimum atomic E-state index is 0.0252. The lowest BCUT2D eigenvalue weighted by Gasteiger charge is -2.41. The van der Waals surface area contributed by atoms with Gasteiger partial charge in [-0.05, 0) is 38.6 Å². The Labute approximate surface area is 117 Å². The van der Waals surface area contributed by atoms with Crippen LogP contribution in [0.1, 0.15) is 46.5 Å². The van der Waals surface area contributed by atoms with Crippen molar-refractivity contribution in [2.45, 2.75) is 64.6 Å². The molecule has 2 rings (SSSR count). The van der Waals surface area contributed by atoms with Crippen molar-refractivity contribution in [3.63, 3.8) is 0 Å². The second-order valence-electron chi connectivity index (χ2n) is 6.07. The van der Waals surface area contributed by atoms with Crippen molar-refractivity contribution in [3.05, 3.63) is 0 Å². The zero-order valence-corrected chi connectivity index (χ0v) is 12.6. The second kappa shape index (κ2) is 6.71. The molecule has 0 aromatic carbocycles.